The molecular formula is C11H18O. The normalized spacial score (nSPS) is 22.5. The third kappa shape index (κ3) is 1.22. The first-order valence-electron chi connectivity index (χ1n) is 4.50. The molecule has 1 unspecified atom stereocenters. The van der Waals surface area contributed by atoms with Crippen molar-refractivity contribution in [1.29, 1.82) is 0 Å². The molecule has 0 fully saturated rings. The van der Waals surface area contributed by atoms with Crippen molar-refractivity contribution in [3.05, 3.63) is 22.3 Å². The van der Waals surface area contributed by atoms with Crippen LogP contribution in [0.15, 0.2) is 22.3 Å². The Balaban J connectivity index is 3.08. The molecule has 1 heteroatoms. The molecule has 1 N–H and O–H groups in total. The Morgan fingerprint density at radius 1 is 1.00 bits per heavy atom. The van der Waals surface area contributed by atoms with E-state index in [1.165, 1.54) is 22.3 Å². The molecule has 0 spiro atoms. The predicted octanol–water partition coefficient (Wildman–Crippen LogP) is 2.67. The number of allylic oxidation sites excluding steroid dienone is 2. The third-order valence-electron chi connectivity index (χ3n) is 3.16. The highest BCUT2D eigenvalue weighted by Gasteiger charge is 2.27. The summed E-state index contributed by atoms with van der Waals surface area (Å²) in [6.45, 7) is 10.4. The van der Waals surface area contributed by atoms with Crippen LogP contribution < -0.4 is 0 Å². The van der Waals surface area contributed by atoms with Crippen LogP contribution in [-0.4, -0.2) is 11.2 Å². The van der Waals surface area contributed by atoms with E-state index < -0.39 is 0 Å². The molecule has 1 nitrogen and oxygen atoms in total. The van der Waals surface area contributed by atoms with Crippen molar-refractivity contribution in [2.45, 2.75) is 40.7 Å². The van der Waals surface area contributed by atoms with Crippen LogP contribution in [0, 0.1) is 5.92 Å². The number of aliphatic hydroxyl groups is 1. The molecule has 0 aliphatic heterocycles. The summed E-state index contributed by atoms with van der Waals surface area (Å²) in [7, 11) is 0. The Hall–Kier alpha value is -0.560. The highest BCUT2D eigenvalue weighted by atomic mass is 16.3. The third-order valence-corrected chi connectivity index (χ3v) is 3.16. The van der Waals surface area contributed by atoms with E-state index in [0.717, 1.165) is 0 Å². The van der Waals surface area contributed by atoms with E-state index in [9.17, 15) is 5.11 Å². The van der Waals surface area contributed by atoms with Gasteiger partial charge in [-0.25, -0.2) is 0 Å². The zero-order valence-electron chi connectivity index (χ0n) is 8.60. The average Bonchev–Trinajstić information content (AvgIpc) is 2.16. The van der Waals surface area contributed by atoms with Crippen LogP contribution in [0.4, 0.5) is 0 Å². The Kier molecular flexibility index (Phi) is 2.43. The minimum Gasteiger partial charge on any atom is -0.392 e. The smallest absolute Gasteiger partial charge is 0.0614 e. The van der Waals surface area contributed by atoms with Gasteiger partial charge in [-0.1, -0.05) is 11.1 Å². The Bertz CT molecular complexity index is 232. The zero-order chi connectivity index (χ0) is 9.46. The standard InChI is InChI=1S/C11H18O/c1-6-7(2)9(4)11(8(6)3)10(5)12/h10-12H,1-5H3. The molecule has 1 rings (SSSR count). The van der Waals surface area contributed by atoms with Gasteiger partial charge in [-0.3, -0.25) is 0 Å². The largest absolute Gasteiger partial charge is 0.392 e. The fourth-order valence-electron chi connectivity index (χ4n) is 2.11. The number of hydrogen-bond donors (Lipinski definition) is 1. The molecule has 68 valence electrons. The number of hydrogen-bond acceptors (Lipinski definition) is 1. The van der Waals surface area contributed by atoms with Crippen LogP contribution in [0.5, 0.6) is 0 Å². The van der Waals surface area contributed by atoms with Crippen molar-refractivity contribution in [1.82, 2.24) is 0 Å². The second kappa shape index (κ2) is 3.06. The molecule has 0 saturated heterocycles. The maximum atomic E-state index is 9.56. The summed E-state index contributed by atoms with van der Waals surface area (Å²) in [4.78, 5) is 0. The Morgan fingerprint density at radius 3 is 1.50 bits per heavy atom. The molecule has 0 bridgehead atoms. The molecule has 0 saturated carbocycles. The second-order valence-electron chi connectivity index (χ2n) is 3.83. The number of aliphatic hydroxyl groups excluding tert-OH is 1. The van der Waals surface area contributed by atoms with Gasteiger partial charge in [-0.15, -0.1) is 0 Å². The maximum Gasteiger partial charge on any atom is 0.0614 e. The molecule has 1 atom stereocenters. The Morgan fingerprint density at radius 2 is 1.33 bits per heavy atom. The lowest BCUT2D eigenvalue weighted by Gasteiger charge is -2.17. The molecule has 0 aromatic heterocycles. The molecule has 12 heavy (non-hydrogen) atoms. The summed E-state index contributed by atoms with van der Waals surface area (Å²) >= 11 is 0. The van der Waals surface area contributed by atoms with Gasteiger partial charge in [0, 0.05) is 5.92 Å². The van der Waals surface area contributed by atoms with E-state index in [1.807, 2.05) is 6.92 Å². The summed E-state index contributed by atoms with van der Waals surface area (Å²) in [5, 5.41) is 9.56. The van der Waals surface area contributed by atoms with E-state index >= 15 is 0 Å². The molecule has 0 aromatic carbocycles. The summed E-state index contributed by atoms with van der Waals surface area (Å²) in [5.74, 6) is 0.269. The van der Waals surface area contributed by atoms with Gasteiger partial charge in [-0.2, -0.15) is 0 Å². The minimum absolute atomic E-state index is 0.252. The molecule has 1 aliphatic rings. The fraction of sp³-hybridized carbons (Fsp3) is 0.636. The quantitative estimate of drug-likeness (QED) is 0.635. The summed E-state index contributed by atoms with van der Waals surface area (Å²) < 4.78 is 0. The topological polar surface area (TPSA) is 20.2 Å². The van der Waals surface area contributed by atoms with Gasteiger partial charge in [0.05, 0.1) is 6.10 Å². The van der Waals surface area contributed by atoms with Gasteiger partial charge in [0.15, 0.2) is 0 Å². The average molecular weight is 166 g/mol. The molecule has 0 heterocycles. The summed E-state index contributed by atoms with van der Waals surface area (Å²) in [6, 6.07) is 0. The van der Waals surface area contributed by atoms with Gasteiger partial charge in [0.25, 0.3) is 0 Å². The molecule has 1 aliphatic carbocycles. The molecule has 0 aromatic rings. The van der Waals surface area contributed by atoms with Gasteiger partial charge in [0.1, 0.15) is 0 Å². The second-order valence-corrected chi connectivity index (χ2v) is 3.83. The number of rotatable bonds is 1. The molecule has 0 amide bonds. The first-order chi connectivity index (χ1) is 5.46. The minimum atomic E-state index is -0.252. The maximum absolute atomic E-state index is 9.56. The van der Waals surface area contributed by atoms with Crippen molar-refractivity contribution >= 4 is 0 Å². The van der Waals surface area contributed by atoms with E-state index in [4.69, 9.17) is 0 Å². The van der Waals surface area contributed by atoms with Crippen LogP contribution in [0.3, 0.4) is 0 Å². The van der Waals surface area contributed by atoms with Crippen molar-refractivity contribution in [2.75, 3.05) is 0 Å². The van der Waals surface area contributed by atoms with E-state index in [-0.39, 0.29) is 12.0 Å². The zero-order valence-corrected chi connectivity index (χ0v) is 8.60. The van der Waals surface area contributed by atoms with Crippen LogP contribution in [0.2, 0.25) is 0 Å². The highest BCUT2D eigenvalue weighted by Crippen LogP contribution is 2.38. The van der Waals surface area contributed by atoms with Crippen molar-refractivity contribution in [3.8, 4) is 0 Å². The van der Waals surface area contributed by atoms with Crippen molar-refractivity contribution < 1.29 is 5.11 Å². The van der Waals surface area contributed by atoms with Gasteiger partial charge in [0.2, 0.25) is 0 Å². The van der Waals surface area contributed by atoms with Crippen LogP contribution in [0.25, 0.3) is 0 Å². The molecule has 0 radical (unpaired) electrons. The lowest BCUT2D eigenvalue weighted by molar-refractivity contribution is 0.160. The fourth-order valence-corrected chi connectivity index (χ4v) is 2.11. The lowest BCUT2D eigenvalue weighted by atomic mass is 9.92. The van der Waals surface area contributed by atoms with Crippen LogP contribution in [0.1, 0.15) is 34.6 Å². The van der Waals surface area contributed by atoms with E-state index in [0.29, 0.717) is 0 Å². The van der Waals surface area contributed by atoms with E-state index in [1.54, 1.807) is 0 Å². The van der Waals surface area contributed by atoms with Gasteiger partial charge >= 0.3 is 0 Å². The highest BCUT2D eigenvalue weighted by molar-refractivity contribution is 5.46. The first-order valence-corrected chi connectivity index (χ1v) is 4.50. The first kappa shape index (κ1) is 9.53. The van der Waals surface area contributed by atoms with Crippen molar-refractivity contribution in [2.24, 2.45) is 5.92 Å². The van der Waals surface area contributed by atoms with Gasteiger partial charge in [-0.05, 0) is 45.8 Å². The molecular weight excluding hydrogens is 148 g/mol. The van der Waals surface area contributed by atoms with E-state index in [2.05, 4.69) is 27.7 Å². The predicted molar refractivity (Wildman–Crippen MR) is 51.9 cm³/mol. The summed E-state index contributed by atoms with van der Waals surface area (Å²) in [6.07, 6.45) is -0.252. The lowest BCUT2D eigenvalue weighted by Crippen LogP contribution is -2.17. The monoisotopic (exact) mass is 166 g/mol. The summed E-state index contributed by atoms with van der Waals surface area (Å²) in [5.41, 5.74) is 5.39. The SMILES string of the molecule is CC1=C(C)C(C(C)O)C(C)=C1C. The van der Waals surface area contributed by atoms with Crippen molar-refractivity contribution in [3.63, 3.8) is 0 Å². The van der Waals surface area contributed by atoms with Crippen LogP contribution >= 0.6 is 0 Å². The Labute approximate surface area is 74.8 Å². The van der Waals surface area contributed by atoms with Crippen LogP contribution in [-0.2, 0) is 0 Å². The van der Waals surface area contributed by atoms with Gasteiger partial charge < -0.3 is 5.11 Å².